The Morgan fingerprint density at radius 2 is 2.25 bits per heavy atom. The molecule has 0 saturated heterocycles. The minimum atomic E-state index is 0.118. The van der Waals surface area contributed by atoms with Crippen LogP contribution in [0.3, 0.4) is 0 Å². The minimum Gasteiger partial charge on any atom is -0.353 e. The molecule has 1 aliphatic rings. The number of carbonyl (C=O) groups is 1. The molecule has 6 heteroatoms. The van der Waals surface area contributed by atoms with Crippen molar-refractivity contribution in [2.24, 2.45) is 11.7 Å². The lowest BCUT2D eigenvalue weighted by molar-refractivity contribution is -0.122. The summed E-state index contributed by atoms with van der Waals surface area (Å²) in [6.45, 7) is 0.661. The zero-order chi connectivity index (χ0) is 14.5. The second-order valence-corrected chi connectivity index (χ2v) is 7.59. The molecule has 1 fully saturated rings. The van der Waals surface area contributed by atoms with Crippen molar-refractivity contribution in [3.63, 3.8) is 0 Å². The summed E-state index contributed by atoms with van der Waals surface area (Å²) >= 11 is 13.3. The highest BCUT2D eigenvalue weighted by Crippen LogP contribution is 2.32. The fourth-order valence-corrected chi connectivity index (χ4v) is 4.32. The van der Waals surface area contributed by atoms with E-state index in [9.17, 15) is 4.79 Å². The van der Waals surface area contributed by atoms with Crippen molar-refractivity contribution in [2.45, 2.75) is 44.6 Å². The highest BCUT2D eigenvalue weighted by Gasteiger charge is 2.26. The molecule has 0 aromatic carbocycles. The highest BCUT2D eigenvalue weighted by atomic mass is 35.5. The molecule has 0 aliphatic heterocycles. The van der Waals surface area contributed by atoms with Crippen LogP contribution in [0.2, 0.25) is 8.67 Å². The van der Waals surface area contributed by atoms with Crippen molar-refractivity contribution in [3.05, 3.63) is 20.3 Å². The van der Waals surface area contributed by atoms with E-state index in [0.29, 0.717) is 23.2 Å². The van der Waals surface area contributed by atoms with E-state index in [0.717, 1.165) is 42.0 Å². The molecule has 0 bridgehead atoms. The van der Waals surface area contributed by atoms with Gasteiger partial charge in [0.15, 0.2) is 0 Å². The van der Waals surface area contributed by atoms with E-state index in [2.05, 4.69) is 5.32 Å². The first kappa shape index (κ1) is 16.1. The van der Waals surface area contributed by atoms with Crippen LogP contribution in [0.25, 0.3) is 0 Å². The van der Waals surface area contributed by atoms with Crippen molar-refractivity contribution < 1.29 is 4.79 Å². The molecular formula is C14H20Cl2N2OS. The SMILES string of the molecule is NCC1CCCC1NC(=O)CCCc1cc(Cl)sc1Cl. The maximum Gasteiger partial charge on any atom is 0.220 e. The van der Waals surface area contributed by atoms with E-state index in [1.807, 2.05) is 6.07 Å². The largest absolute Gasteiger partial charge is 0.353 e. The Kier molecular flexibility index (Phi) is 6.15. The van der Waals surface area contributed by atoms with Crippen LogP contribution in [-0.4, -0.2) is 18.5 Å². The van der Waals surface area contributed by atoms with E-state index in [1.54, 1.807) is 0 Å². The molecule has 2 unspecified atom stereocenters. The van der Waals surface area contributed by atoms with Gasteiger partial charge in [-0.15, -0.1) is 11.3 Å². The molecule has 3 nitrogen and oxygen atoms in total. The summed E-state index contributed by atoms with van der Waals surface area (Å²) in [5.74, 6) is 0.567. The first-order chi connectivity index (χ1) is 9.60. The molecule has 3 N–H and O–H groups in total. The highest BCUT2D eigenvalue weighted by molar-refractivity contribution is 7.20. The maximum atomic E-state index is 11.9. The van der Waals surface area contributed by atoms with Crippen molar-refractivity contribution >= 4 is 40.4 Å². The van der Waals surface area contributed by atoms with Gasteiger partial charge in [-0.2, -0.15) is 0 Å². The molecule has 0 radical (unpaired) electrons. The molecule has 1 aromatic heterocycles. The standard InChI is InChI=1S/C14H20Cl2N2OS/c15-12-7-9(14(16)20-12)3-2-6-13(19)18-11-5-1-4-10(11)8-17/h7,10-11H,1-6,8,17H2,(H,18,19). The number of rotatable bonds is 6. The summed E-state index contributed by atoms with van der Waals surface area (Å²) < 4.78 is 1.43. The van der Waals surface area contributed by atoms with Crippen molar-refractivity contribution in [3.8, 4) is 0 Å². The van der Waals surface area contributed by atoms with Crippen LogP contribution >= 0.6 is 34.5 Å². The summed E-state index contributed by atoms with van der Waals surface area (Å²) in [7, 11) is 0. The first-order valence-corrected chi connectivity index (χ1v) is 8.60. The normalized spacial score (nSPS) is 22.1. The van der Waals surface area contributed by atoms with E-state index in [4.69, 9.17) is 28.9 Å². The topological polar surface area (TPSA) is 55.1 Å². The molecule has 1 aliphatic carbocycles. The number of nitrogens with one attached hydrogen (secondary N) is 1. The number of nitrogens with two attached hydrogens (primary N) is 1. The van der Waals surface area contributed by atoms with Crippen LogP contribution in [0.15, 0.2) is 6.07 Å². The van der Waals surface area contributed by atoms with Gasteiger partial charge in [-0.3, -0.25) is 4.79 Å². The van der Waals surface area contributed by atoms with Gasteiger partial charge in [0.2, 0.25) is 5.91 Å². The lowest BCUT2D eigenvalue weighted by Gasteiger charge is -2.19. The van der Waals surface area contributed by atoms with Crippen LogP contribution in [0.1, 0.15) is 37.7 Å². The van der Waals surface area contributed by atoms with Gasteiger partial charge in [-0.25, -0.2) is 0 Å². The summed E-state index contributed by atoms with van der Waals surface area (Å²) in [5.41, 5.74) is 6.75. The lowest BCUT2D eigenvalue weighted by atomic mass is 10.0. The van der Waals surface area contributed by atoms with Gasteiger partial charge in [-0.05, 0) is 49.8 Å². The second kappa shape index (κ2) is 7.64. The van der Waals surface area contributed by atoms with Crippen LogP contribution in [-0.2, 0) is 11.2 Å². The van der Waals surface area contributed by atoms with Crippen molar-refractivity contribution in [1.82, 2.24) is 5.32 Å². The number of amides is 1. The Morgan fingerprint density at radius 3 is 2.90 bits per heavy atom. The van der Waals surface area contributed by atoms with Gasteiger partial charge in [-0.1, -0.05) is 29.6 Å². The predicted molar refractivity (Wildman–Crippen MR) is 85.6 cm³/mol. The smallest absolute Gasteiger partial charge is 0.220 e. The van der Waals surface area contributed by atoms with Crippen LogP contribution < -0.4 is 11.1 Å². The third kappa shape index (κ3) is 4.35. The van der Waals surface area contributed by atoms with Crippen molar-refractivity contribution in [1.29, 1.82) is 0 Å². The Hall–Kier alpha value is -0.290. The Bertz CT molecular complexity index is 464. The minimum absolute atomic E-state index is 0.118. The van der Waals surface area contributed by atoms with Crippen LogP contribution in [0, 0.1) is 5.92 Å². The second-order valence-electron chi connectivity index (χ2n) is 5.30. The van der Waals surface area contributed by atoms with Gasteiger partial charge in [0.25, 0.3) is 0 Å². The average molecular weight is 335 g/mol. The molecule has 2 atom stereocenters. The fraction of sp³-hybridized carbons (Fsp3) is 0.643. The van der Waals surface area contributed by atoms with Crippen LogP contribution in [0.4, 0.5) is 0 Å². The van der Waals surface area contributed by atoms with Gasteiger partial charge in [0, 0.05) is 12.5 Å². The summed E-state index contributed by atoms with van der Waals surface area (Å²) in [6, 6.07) is 2.15. The molecule has 1 aromatic rings. The van der Waals surface area contributed by atoms with Gasteiger partial charge >= 0.3 is 0 Å². The quantitative estimate of drug-likeness (QED) is 0.834. The number of carbonyl (C=O) groups excluding carboxylic acids is 1. The van der Waals surface area contributed by atoms with E-state index < -0.39 is 0 Å². The molecule has 1 saturated carbocycles. The molecule has 2 rings (SSSR count). The van der Waals surface area contributed by atoms with Crippen molar-refractivity contribution in [2.75, 3.05) is 6.54 Å². The molecule has 1 amide bonds. The number of thiophene rings is 1. The molecule has 1 heterocycles. The lowest BCUT2D eigenvalue weighted by Crippen LogP contribution is -2.39. The Balaban J connectivity index is 1.71. The summed E-state index contributed by atoms with van der Waals surface area (Å²) in [4.78, 5) is 11.9. The van der Waals surface area contributed by atoms with E-state index >= 15 is 0 Å². The number of halogens is 2. The van der Waals surface area contributed by atoms with Gasteiger partial charge < -0.3 is 11.1 Å². The number of aryl methyl sites for hydroxylation is 1. The molecular weight excluding hydrogens is 315 g/mol. The summed E-state index contributed by atoms with van der Waals surface area (Å²) in [6.07, 6.45) is 5.45. The van der Waals surface area contributed by atoms with Gasteiger partial charge in [0.1, 0.15) is 0 Å². The Labute approximate surface area is 133 Å². The first-order valence-electron chi connectivity index (χ1n) is 7.03. The monoisotopic (exact) mass is 334 g/mol. The zero-order valence-electron chi connectivity index (χ0n) is 11.3. The summed E-state index contributed by atoms with van der Waals surface area (Å²) in [5, 5.41) is 3.11. The third-order valence-electron chi connectivity index (χ3n) is 3.89. The molecule has 112 valence electrons. The maximum absolute atomic E-state index is 11.9. The predicted octanol–water partition coefficient (Wildman–Crippen LogP) is 3.62. The number of hydrogen-bond acceptors (Lipinski definition) is 3. The van der Waals surface area contributed by atoms with Crippen LogP contribution in [0.5, 0.6) is 0 Å². The molecule has 0 spiro atoms. The Morgan fingerprint density at radius 1 is 1.45 bits per heavy atom. The fourth-order valence-electron chi connectivity index (χ4n) is 2.77. The molecule has 20 heavy (non-hydrogen) atoms. The number of hydrogen-bond donors (Lipinski definition) is 2. The zero-order valence-corrected chi connectivity index (χ0v) is 13.7. The van der Waals surface area contributed by atoms with E-state index in [-0.39, 0.29) is 11.9 Å². The third-order valence-corrected chi connectivity index (χ3v) is 5.45. The van der Waals surface area contributed by atoms with E-state index in [1.165, 1.54) is 11.3 Å². The average Bonchev–Trinajstić information content (AvgIpc) is 2.96. The van der Waals surface area contributed by atoms with Gasteiger partial charge in [0.05, 0.1) is 8.67 Å².